The van der Waals surface area contributed by atoms with Gasteiger partial charge in [-0.15, -0.1) is 21.5 Å². The second-order valence-corrected chi connectivity index (χ2v) is 7.92. The standard InChI is InChI=1S/C18H21N3S2/c1-12(2)16-9-15(11-22-16)17-19-20-18(21(17)4)23-10-14-7-5-6-13(3)8-14/h5-9,11-12H,10H2,1-4H3. The van der Waals surface area contributed by atoms with Gasteiger partial charge < -0.3 is 4.57 Å². The van der Waals surface area contributed by atoms with Crippen LogP contribution in [-0.2, 0) is 12.8 Å². The predicted molar refractivity (Wildman–Crippen MR) is 99.1 cm³/mol. The molecule has 0 amide bonds. The van der Waals surface area contributed by atoms with Crippen LogP contribution in [0.5, 0.6) is 0 Å². The van der Waals surface area contributed by atoms with Crippen molar-refractivity contribution in [1.82, 2.24) is 14.8 Å². The molecule has 23 heavy (non-hydrogen) atoms. The quantitative estimate of drug-likeness (QED) is 0.591. The lowest BCUT2D eigenvalue weighted by atomic mass is 10.1. The van der Waals surface area contributed by atoms with E-state index < -0.39 is 0 Å². The molecule has 0 saturated carbocycles. The molecule has 0 N–H and O–H groups in total. The summed E-state index contributed by atoms with van der Waals surface area (Å²) in [5, 5.41) is 11.9. The first-order valence-electron chi connectivity index (χ1n) is 7.71. The third kappa shape index (κ3) is 3.67. The molecule has 1 aromatic carbocycles. The molecular weight excluding hydrogens is 322 g/mol. The van der Waals surface area contributed by atoms with Gasteiger partial charge in [0.1, 0.15) is 0 Å². The molecule has 2 aromatic heterocycles. The van der Waals surface area contributed by atoms with E-state index in [2.05, 4.69) is 71.2 Å². The van der Waals surface area contributed by atoms with Gasteiger partial charge in [-0.3, -0.25) is 0 Å². The van der Waals surface area contributed by atoms with Crippen LogP contribution >= 0.6 is 23.1 Å². The Morgan fingerprint density at radius 3 is 2.74 bits per heavy atom. The number of aryl methyl sites for hydroxylation is 1. The monoisotopic (exact) mass is 343 g/mol. The predicted octanol–water partition coefficient (Wildman–Crippen LogP) is 5.27. The fourth-order valence-electron chi connectivity index (χ4n) is 2.41. The summed E-state index contributed by atoms with van der Waals surface area (Å²) < 4.78 is 2.09. The van der Waals surface area contributed by atoms with Crippen LogP contribution < -0.4 is 0 Å². The SMILES string of the molecule is Cc1cccc(CSc2nnc(-c3csc(C(C)C)c3)n2C)c1. The highest BCUT2D eigenvalue weighted by Crippen LogP contribution is 2.31. The topological polar surface area (TPSA) is 30.7 Å². The Morgan fingerprint density at radius 2 is 2.04 bits per heavy atom. The van der Waals surface area contributed by atoms with Crippen molar-refractivity contribution >= 4 is 23.1 Å². The van der Waals surface area contributed by atoms with Gasteiger partial charge in [-0.2, -0.15) is 0 Å². The summed E-state index contributed by atoms with van der Waals surface area (Å²) >= 11 is 3.52. The van der Waals surface area contributed by atoms with Gasteiger partial charge in [0, 0.05) is 28.6 Å². The van der Waals surface area contributed by atoms with Gasteiger partial charge in [0.15, 0.2) is 11.0 Å². The van der Waals surface area contributed by atoms with Crippen LogP contribution in [-0.4, -0.2) is 14.8 Å². The van der Waals surface area contributed by atoms with Gasteiger partial charge in [-0.05, 0) is 24.5 Å². The van der Waals surface area contributed by atoms with Gasteiger partial charge >= 0.3 is 0 Å². The molecule has 0 atom stereocenters. The van der Waals surface area contributed by atoms with Crippen molar-refractivity contribution in [1.29, 1.82) is 0 Å². The molecule has 0 radical (unpaired) electrons. The van der Waals surface area contributed by atoms with E-state index in [1.54, 1.807) is 23.1 Å². The zero-order valence-electron chi connectivity index (χ0n) is 13.9. The van der Waals surface area contributed by atoms with E-state index in [1.165, 1.54) is 16.0 Å². The normalized spacial score (nSPS) is 11.3. The fourth-order valence-corrected chi connectivity index (χ4v) is 4.17. The van der Waals surface area contributed by atoms with Crippen molar-refractivity contribution < 1.29 is 0 Å². The smallest absolute Gasteiger partial charge is 0.191 e. The number of thioether (sulfide) groups is 1. The molecule has 0 fully saturated rings. The molecule has 0 saturated heterocycles. The molecule has 3 aromatic rings. The molecule has 5 heteroatoms. The van der Waals surface area contributed by atoms with Crippen LogP contribution in [0, 0.1) is 6.92 Å². The van der Waals surface area contributed by atoms with Gasteiger partial charge in [0.2, 0.25) is 0 Å². The van der Waals surface area contributed by atoms with Gasteiger partial charge in [-0.25, -0.2) is 0 Å². The summed E-state index contributed by atoms with van der Waals surface area (Å²) in [6, 6.07) is 10.8. The Balaban J connectivity index is 1.76. The molecule has 2 heterocycles. The van der Waals surface area contributed by atoms with Gasteiger partial charge in [-0.1, -0.05) is 55.4 Å². The fraction of sp³-hybridized carbons (Fsp3) is 0.333. The van der Waals surface area contributed by atoms with Crippen molar-refractivity contribution in [3.8, 4) is 11.4 Å². The maximum absolute atomic E-state index is 4.39. The molecule has 0 aliphatic rings. The summed E-state index contributed by atoms with van der Waals surface area (Å²) in [5.74, 6) is 2.41. The van der Waals surface area contributed by atoms with E-state index in [0.29, 0.717) is 5.92 Å². The zero-order valence-corrected chi connectivity index (χ0v) is 15.5. The average Bonchev–Trinajstić information content (AvgIpc) is 3.12. The molecule has 120 valence electrons. The minimum absolute atomic E-state index is 0.553. The number of hydrogen-bond acceptors (Lipinski definition) is 4. The molecule has 0 aliphatic carbocycles. The first kappa shape index (κ1) is 16.3. The lowest BCUT2D eigenvalue weighted by molar-refractivity contribution is 0.794. The molecule has 0 bridgehead atoms. The Kier molecular flexibility index (Phi) is 4.87. The molecule has 3 nitrogen and oxygen atoms in total. The molecular formula is C18H21N3S2. The van der Waals surface area contributed by atoms with Crippen LogP contribution in [0.15, 0.2) is 40.9 Å². The first-order valence-corrected chi connectivity index (χ1v) is 9.57. The summed E-state index contributed by atoms with van der Waals surface area (Å²) in [6.07, 6.45) is 0. The van der Waals surface area contributed by atoms with E-state index in [4.69, 9.17) is 0 Å². The van der Waals surface area contributed by atoms with Crippen LogP contribution in [0.25, 0.3) is 11.4 Å². The van der Waals surface area contributed by atoms with Crippen LogP contribution in [0.4, 0.5) is 0 Å². The number of thiophene rings is 1. The Morgan fingerprint density at radius 1 is 1.22 bits per heavy atom. The zero-order chi connectivity index (χ0) is 16.4. The molecule has 0 spiro atoms. The van der Waals surface area contributed by atoms with Crippen LogP contribution in [0.2, 0.25) is 0 Å². The van der Waals surface area contributed by atoms with Gasteiger partial charge in [0.05, 0.1) is 0 Å². The van der Waals surface area contributed by atoms with Crippen molar-refractivity contribution in [2.24, 2.45) is 7.05 Å². The Labute approximate surface area is 145 Å². The highest BCUT2D eigenvalue weighted by molar-refractivity contribution is 7.98. The number of aromatic nitrogens is 3. The summed E-state index contributed by atoms with van der Waals surface area (Å²) in [4.78, 5) is 1.39. The van der Waals surface area contributed by atoms with Crippen molar-refractivity contribution in [3.05, 3.63) is 51.7 Å². The van der Waals surface area contributed by atoms with E-state index in [0.717, 1.165) is 22.3 Å². The summed E-state index contributed by atoms with van der Waals surface area (Å²) in [6.45, 7) is 6.56. The molecule has 3 rings (SSSR count). The largest absolute Gasteiger partial charge is 0.305 e. The van der Waals surface area contributed by atoms with Crippen molar-refractivity contribution in [2.45, 2.75) is 37.6 Å². The summed E-state index contributed by atoms with van der Waals surface area (Å²) in [7, 11) is 2.04. The minimum Gasteiger partial charge on any atom is -0.305 e. The Hall–Kier alpha value is -1.59. The van der Waals surface area contributed by atoms with Crippen molar-refractivity contribution in [2.75, 3.05) is 0 Å². The molecule has 0 unspecified atom stereocenters. The van der Waals surface area contributed by atoms with E-state index in [-0.39, 0.29) is 0 Å². The highest BCUT2D eigenvalue weighted by atomic mass is 32.2. The van der Waals surface area contributed by atoms with Crippen LogP contribution in [0.1, 0.15) is 35.8 Å². The lowest BCUT2D eigenvalue weighted by Crippen LogP contribution is -1.94. The maximum Gasteiger partial charge on any atom is 0.191 e. The van der Waals surface area contributed by atoms with Gasteiger partial charge in [0.25, 0.3) is 0 Å². The minimum atomic E-state index is 0.553. The highest BCUT2D eigenvalue weighted by Gasteiger charge is 2.14. The Bertz CT molecular complexity index is 802. The summed E-state index contributed by atoms with van der Waals surface area (Å²) in [5.41, 5.74) is 3.77. The van der Waals surface area contributed by atoms with E-state index in [9.17, 15) is 0 Å². The number of nitrogens with zero attached hydrogens (tertiary/aromatic N) is 3. The number of rotatable bonds is 5. The third-order valence-corrected chi connectivity index (χ3v) is 6.06. The number of hydrogen-bond donors (Lipinski definition) is 0. The lowest BCUT2D eigenvalue weighted by Gasteiger charge is -2.04. The van der Waals surface area contributed by atoms with E-state index >= 15 is 0 Å². The van der Waals surface area contributed by atoms with Crippen LogP contribution in [0.3, 0.4) is 0 Å². The molecule has 0 aliphatic heterocycles. The first-order chi connectivity index (χ1) is 11.0. The average molecular weight is 344 g/mol. The van der Waals surface area contributed by atoms with E-state index in [1.807, 2.05) is 7.05 Å². The third-order valence-electron chi connectivity index (χ3n) is 3.73. The second kappa shape index (κ2) is 6.89. The number of benzene rings is 1. The van der Waals surface area contributed by atoms with Crippen molar-refractivity contribution in [3.63, 3.8) is 0 Å². The maximum atomic E-state index is 4.39. The second-order valence-electron chi connectivity index (χ2n) is 6.04.